The molecule has 38 heavy (non-hydrogen) atoms. The zero-order valence-electron chi connectivity index (χ0n) is 22.0. The molecule has 1 aromatic heterocycles. The van der Waals surface area contributed by atoms with E-state index in [2.05, 4.69) is 73.3 Å². The summed E-state index contributed by atoms with van der Waals surface area (Å²) in [6, 6.07) is 24.3. The zero-order chi connectivity index (χ0) is 25.5. The maximum atomic E-state index is 7.04. The van der Waals surface area contributed by atoms with Crippen LogP contribution in [0.1, 0.15) is 35.1 Å². The van der Waals surface area contributed by atoms with Gasteiger partial charge in [-0.05, 0) is 102 Å². The summed E-state index contributed by atoms with van der Waals surface area (Å²) in [4.78, 5) is 2.62. The van der Waals surface area contributed by atoms with E-state index >= 15 is 0 Å². The van der Waals surface area contributed by atoms with Crippen LogP contribution in [0.2, 0.25) is 0 Å². The molecule has 0 spiro atoms. The van der Waals surface area contributed by atoms with Gasteiger partial charge in [-0.25, -0.2) is 0 Å². The lowest BCUT2D eigenvalue weighted by molar-refractivity contribution is -0.172. The average Bonchev–Trinajstić information content (AvgIpc) is 2.92. The second-order valence-electron chi connectivity index (χ2n) is 11.3. The van der Waals surface area contributed by atoms with Crippen molar-refractivity contribution in [1.82, 2.24) is 0 Å². The van der Waals surface area contributed by atoms with Gasteiger partial charge in [0, 0.05) is 58.0 Å². The molecule has 0 radical (unpaired) electrons. The molecular weight excluding hydrogens is 464 g/mol. The van der Waals surface area contributed by atoms with Crippen LogP contribution in [0.4, 0.5) is 5.69 Å². The van der Waals surface area contributed by atoms with Crippen LogP contribution in [0.5, 0.6) is 0 Å². The SMILES string of the molecule is Cc1cccc(C)c1-c1c2ccc3cc(=[NH2+])ccc3c2oc2c1ccc1c3c4c(cc12)CCCN4CCC3. The lowest BCUT2D eigenvalue weighted by atomic mass is 9.85. The number of hydrogen-bond acceptors (Lipinski definition) is 2. The molecule has 0 amide bonds. The zero-order valence-corrected chi connectivity index (χ0v) is 22.0. The first-order valence-electron chi connectivity index (χ1n) is 13.9. The third-order valence-electron chi connectivity index (χ3n) is 8.94. The van der Waals surface area contributed by atoms with Crippen LogP contribution in [-0.2, 0) is 12.8 Å². The molecule has 2 aliphatic rings. The minimum Gasteiger partial charge on any atom is -0.455 e. The highest BCUT2D eigenvalue weighted by Crippen LogP contribution is 2.46. The van der Waals surface area contributed by atoms with Crippen molar-refractivity contribution in [3.05, 3.63) is 94.3 Å². The van der Waals surface area contributed by atoms with E-state index in [-0.39, 0.29) is 0 Å². The lowest BCUT2D eigenvalue weighted by Crippen LogP contribution is -2.44. The molecule has 186 valence electrons. The van der Waals surface area contributed by atoms with Gasteiger partial charge in [-0.2, -0.15) is 0 Å². The quantitative estimate of drug-likeness (QED) is 0.208. The molecule has 0 fully saturated rings. The largest absolute Gasteiger partial charge is 0.455 e. The number of rotatable bonds is 1. The summed E-state index contributed by atoms with van der Waals surface area (Å²) >= 11 is 0. The highest BCUT2D eigenvalue weighted by Gasteiger charge is 2.27. The Hall–Kier alpha value is -4.11. The fourth-order valence-corrected chi connectivity index (χ4v) is 7.31. The van der Waals surface area contributed by atoms with E-state index in [9.17, 15) is 0 Å². The number of nitrogens with zero attached hydrogens (tertiary/aromatic N) is 1. The van der Waals surface area contributed by atoms with Crippen molar-refractivity contribution in [2.75, 3.05) is 18.0 Å². The van der Waals surface area contributed by atoms with Crippen LogP contribution < -0.4 is 15.7 Å². The Kier molecular flexibility index (Phi) is 4.58. The van der Waals surface area contributed by atoms with Crippen LogP contribution in [0.3, 0.4) is 0 Å². The van der Waals surface area contributed by atoms with E-state index in [1.165, 1.54) is 81.2 Å². The Labute approximate surface area is 221 Å². The molecule has 6 aromatic rings. The summed E-state index contributed by atoms with van der Waals surface area (Å²) in [5.74, 6) is 0. The van der Waals surface area contributed by atoms with Gasteiger partial charge in [0.1, 0.15) is 11.2 Å². The average molecular weight is 496 g/mol. The first kappa shape index (κ1) is 21.9. The first-order chi connectivity index (χ1) is 18.6. The van der Waals surface area contributed by atoms with E-state index in [1.54, 1.807) is 0 Å². The van der Waals surface area contributed by atoms with Gasteiger partial charge < -0.3 is 9.32 Å². The van der Waals surface area contributed by atoms with E-state index in [0.29, 0.717) is 0 Å². The molecule has 0 saturated carbocycles. The molecule has 0 unspecified atom stereocenters. The summed E-state index contributed by atoms with van der Waals surface area (Å²) in [6.45, 7) is 6.81. The predicted molar refractivity (Wildman–Crippen MR) is 158 cm³/mol. The standard InChI is InChI=1S/C35H30N2O/c1-20-6-3-7-21(2)31(20)32-28-12-10-22-18-24(36)11-13-25(22)34(28)38-35-29(32)15-14-26-27-9-5-17-37-16-4-8-23(33(27)37)19-30(26)35/h3,6-7,10-15,18-19,36H,4-5,8-9,16-17H2,1-2H3/p+1. The molecule has 3 nitrogen and oxygen atoms in total. The van der Waals surface area contributed by atoms with Crippen molar-refractivity contribution in [3.63, 3.8) is 0 Å². The van der Waals surface area contributed by atoms with Gasteiger partial charge in [-0.3, -0.25) is 5.41 Å². The van der Waals surface area contributed by atoms with E-state index < -0.39 is 0 Å². The lowest BCUT2D eigenvalue weighted by Gasteiger charge is -2.37. The van der Waals surface area contributed by atoms with Crippen molar-refractivity contribution in [3.8, 4) is 11.1 Å². The molecule has 0 aliphatic carbocycles. The molecular formula is C35H31N2O+. The van der Waals surface area contributed by atoms with Gasteiger partial charge in [0.15, 0.2) is 5.36 Å². The topological polar surface area (TPSA) is 42.0 Å². The molecule has 3 heterocycles. The molecule has 3 heteroatoms. The number of fused-ring (bicyclic) bond motifs is 7. The maximum Gasteiger partial charge on any atom is 0.197 e. The Morgan fingerprint density at radius 3 is 2.18 bits per heavy atom. The normalized spacial score (nSPS) is 15.1. The monoisotopic (exact) mass is 495 g/mol. The van der Waals surface area contributed by atoms with Gasteiger partial charge in [0.25, 0.3) is 0 Å². The van der Waals surface area contributed by atoms with Crippen LogP contribution in [0.15, 0.2) is 71.1 Å². The Bertz CT molecular complexity index is 2010. The van der Waals surface area contributed by atoms with E-state index in [4.69, 9.17) is 9.83 Å². The smallest absolute Gasteiger partial charge is 0.197 e. The van der Waals surface area contributed by atoms with Crippen molar-refractivity contribution >= 4 is 49.2 Å². The summed E-state index contributed by atoms with van der Waals surface area (Å²) < 4.78 is 7.04. The summed E-state index contributed by atoms with van der Waals surface area (Å²) in [5, 5.41) is 14.1. The fraction of sp³-hybridized carbons (Fsp3) is 0.229. The third kappa shape index (κ3) is 2.99. The van der Waals surface area contributed by atoms with Crippen LogP contribution in [0, 0.1) is 13.8 Å². The number of anilines is 1. The summed E-state index contributed by atoms with van der Waals surface area (Å²) in [5.41, 5.74) is 11.6. The predicted octanol–water partition coefficient (Wildman–Crippen LogP) is 6.53. The van der Waals surface area contributed by atoms with Crippen molar-refractivity contribution < 1.29 is 9.83 Å². The molecule has 0 atom stereocenters. The molecule has 2 aliphatic heterocycles. The molecule has 0 bridgehead atoms. The number of benzene rings is 5. The molecule has 0 saturated heterocycles. The van der Waals surface area contributed by atoms with E-state index in [0.717, 1.165) is 45.5 Å². The maximum absolute atomic E-state index is 7.04. The van der Waals surface area contributed by atoms with Crippen molar-refractivity contribution in [2.45, 2.75) is 39.5 Å². The molecule has 5 aromatic carbocycles. The number of hydrogen-bond donors (Lipinski definition) is 1. The van der Waals surface area contributed by atoms with Gasteiger partial charge in [0.2, 0.25) is 0 Å². The van der Waals surface area contributed by atoms with Crippen LogP contribution in [-0.4, -0.2) is 13.1 Å². The second-order valence-corrected chi connectivity index (χ2v) is 11.3. The minimum absolute atomic E-state index is 0.772. The van der Waals surface area contributed by atoms with Crippen molar-refractivity contribution in [2.24, 2.45) is 0 Å². The van der Waals surface area contributed by atoms with Crippen LogP contribution in [0.25, 0.3) is 54.6 Å². The molecule has 8 rings (SSSR count). The minimum atomic E-state index is 0.772. The second kappa shape index (κ2) is 7.94. The highest BCUT2D eigenvalue weighted by molar-refractivity contribution is 6.20. The Morgan fingerprint density at radius 2 is 1.37 bits per heavy atom. The Morgan fingerprint density at radius 1 is 0.684 bits per heavy atom. The highest BCUT2D eigenvalue weighted by atomic mass is 16.3. The Balaban J connectivity index is 1.60. The number of nitrogens with two attached hydrogens (primary N) is 1. The van der Waals surface area contributed by atoms with Gasteiger partial charge >= 0.3 is 0 Å². The van der Waals surface area contributed by atoms with Gasteiger partial charge in [-0.15, -0.1) is 0 Å². The summed E-state index contributed by atoms with van der Waals surface area (Å²) in [6.07, 6.45) is 4.73. The fourth-order valence-electron chi connectivity index (χ4n) is 7.31. The summed E-state index contributed by atoms with van der Waals surface area (Å²) in [7, 11) is 0. The van der Waals surface area contributed by atoms with E-state index in [1.807, 2.05) is 12.1 Å². The number of aryl methyl sites for hydroxylation is 4. The van der Waals surface area contributed by atoms with Gasteiger partial charge in [0.05, 0.1) is 0 Å². The third-order valence-corrected chi connectivity index (χ3v) is 8.94. The first-order valence-corrected chi connectivity index (χ1v) is 13.9. The van der Waals surface area contributed by atoms with Crippen LogP contribution >= 0.6 is 0 Å². The molecule has 2 N–H and O–H groups in total. The van der Waals surface area contributed by atoms with Gasteiger partial charge in [-0.1, -0.05) is 30.3 Å². The van der Waals surface area contributed by atoms with Crippen molar-refractivity contribution in [1.29, 1.82) is 0 Å².